The van der Waals surface area contributed by atoms with E-state index in [1.54, 1.807) is 20.8 Å². The summed E-state index contributed by atoms with van der Waals surface area (Å²) in [5.41, 5.74) is -1.69. The summed E-state index contributed by atoms with van der Waals surface area (Å²) in [4.78, 5) is 22.1. The molecular weight excluding hydrogens is 329 g/mol. The van der Waals surface area contributed by atoms with Crippen molar-refractivity contribution >= 4 is 12.2 Å². The molecule has 134 valence electrons. The van der Waals surface area contributed by atoms with Gasteiger partial charge in [0.15, 0.2) is 0 Å². The van der Waals surface area contributed by atoms with Crippen molar-refractivity contribution in [2.45, 2.75) is 39.0 Å². The van der Waals surface area contributed by atoms with Crippen LogP contribution in [0.2, 0.25) is 0 Å². The Hall–Kier alpha value is -2.45. The van der Waals surface area contributed by atoms with Crippen LogP contribution in [0.4, 0.5) is 22.8 Å². The minimum absolute atomic E-state index is 0.0147. The Balaban J connectivity index is 3.39. The van der Waals surface area contributed by atoms with Crippen LogP contribution in [0.5, 0.6) is 0 Å². The Morgan fingerprint density at radius 1 is 1.04 bits per heavy atom. The molecule has 0 radical (unpaired) electrons. The highest BCUT2D eigenvalue weighted by molar-refractivity contribution is 5.67. The summed E-state index contributed by atoms with van der Waals surface area (Å²) in [5.74, 6) is 0. The van der Waals surface area contributed by atoms with Gasteiger partial charge in [0.2, 0.25) is 0 Å². The highest BCUT2D eigenvalue weighted by Gasteiger charge is 2.37. The third-order valence-corrected chi connectivity index (χ3v) is 3.40. The van der Waals surface area contributed by atoms with E-state index in [2.05, 4.69) is 10.6 Å². The molecule has 0 fully saturated rings. The van der Waals surface area contributed by atoms with Crippen molar-refractivity contribution < 1.29 is 33.0 Å². The first-order chi connectivity index (χ1) is 10.8. The molecule has 0 aliphatic heterocycles. The summed E-state index contributed by atoms with van der Waals surface area (Å²) in [6.45, 7) is 4.95. The molecule has 2 atom stereocenters. The molecule has 1 rings (SSSR count). The maximum Gasteiger partial charge on any atom is 0.416 e. The number of carboxylic acid groups (broad SMARTS) is 2. The minimum atomic E-state index is -4.60. The number of amides is 2. The van der Waals surface area contributed by atoms with Gasteiger partial charge in [0.25, 0.3) is 0 Å². The summed E-state index contributed by atoms with van der Waals surface area (Å²) < 4.78 is 38.7. The Labute approximate surface area is 136 Å². The molecule has 0 aliphatic rings. The summed E-state index contributed by atoms with van der Waals surface area (Å²) in [6, 6.07) is 1.95. The second-order valence-corrected chi connectivity index (χ2v) is 6.34. The largest absolute Gasteiger partial charge is 0.465 e. The lowest BCUT2D eigenvalue weighted by Gasteiger charge is -2.37. The molecule has 1 aromatic carbocycles. The monoisotopic (exact) mass is 348 g/mol. The summed E-state index contributed by atoms with van der Waals surface area (Å²) in [5, 5.41) is 22.3. The molecule has 9 heteroatoms. The van der Waals surface area contributed by atoms with Gasteiger partial charge in [-0.15, -0.1) is 0 Å². The van der Waals surface area contributed by atoms with Crippen molar-refractivity contribution in [3.8, 4) is 0 Å². The molecule has 0 aliphatic carbocycles. The van der Waals surface area contributed by atoms with Crippen LogP contribution >= 0.6 is 0 Å². The molecule has 0 aromatic heterocycles. The Morgan fingerprint density at radius 2 is 1.58 bits per heavy atom. The van der Waals surface area contributed by atoms with Crippen LogP contribution in [-0.4, -0.2) is 28.4 Å². The van der Waals surface area contributed by atoms with Crippen molar-refractivity contribution in [3.05, 3.63) is 35.4 Å². The number of carbonyl (C=O) groups is 2. The molecule has 0 heterocycles. The maximum atomic E-state index is 12.9. The van der Waals surface area contributed by atoms with Crippen molar-refractivity contribution in [1.29, 1.82) is 0 Å². The first-order valence-corrected chi connectivity index (χ1v) is 6.98. The Kier molecular flexibility index (Phi) is 5.70. The van der Waals surface area contributed by atoms with Gasteiger partial charge in [-0.2, -0.15) is 13.2 Å². The van der Waals surface area contributed by atoms with Crippen molar-refractivity contribution in [2.75, 3.05) is 0 Å². The van der Waals surface area contributed by atoms with Crippen molar-refractivity contribution in [1.82, 2.24) is 10.6 Å². The molecule has 1 aromatic rings. The molecule has 24 heavy (non-hydrogen) atoms. The maximum absolute atomic E-state index is 12.9. The van der Waals surface area contributed by atoms with E-state index in [1.807, 2.05) is 0 Å². The lowest BCUT2D eigenvalue weighted by atomic mass is 9.79. The van der Waals surface area contributed by atoms with E-state index in [4.69, 9.17) is 10.2 Å². The first kappa shape index (κ1) is 19.6. The van der Waals surface area contributed by atoms with Gasteiger partial charge < -0.3 is 20.8 Å². The third kappa shape index (κ3) is 5.32. The van der Waals surface area contributed by atoms with Crippen LogP contribution in [0.15, 0.2) is 24.3 Å². The second kappa shape index (κ2) is 6.98. The normalized spacial score (nSPS) is 14.6. The predicted octanol–water partition coefficient (Wildman–Crippen LogP) is 3.70. The molecule has 4 N–H and O–H groups in total. The number of hydrogen-bond acceptors (Lipinski definition) is 2. The zero-order chi connectivity index (χ0) is 18.7. The topological polar surface area (TPSA) is 98.7 Å². The molecular formula is C15H19F3N2O4. The Morgan fingerprint density at radius 3 is 2.00 bits per heavy atom. The van der Waals surface area contributed by atoms with E-state index in [-0.39, 0.29) is 5.56 Å². The van der Waals surface area contributed by atoms with Gasteiger partial charge >= 0.3 is 18.4 Å². The summed E-state index contributed by atoms with van der Waals surface area (Å²) in [7, 11) is 0. The summed E-state index contributed by atoms with van der Waals surface area (Å²) in [6.07, 6.45) is -7.47. The predicted molar refractivity (Wildman–Crippen MR) is 79.7 cm³/mol. The van der Waals surface area contributed by atoms with Crippen molar-refractivity contribution in [2.24, 2.45) is 5.41 Å². The van der Waals surface area contributed by atoms with Crippen LogP contribution in [-0.2, 0) is 6.18 Å². The van der Waals surface area contributed by atoms with Gasteiger partial charge in [0.05, 0.1) is 17.6 Å². The fourth-order valence-electron chi connectivity index (χ4n) is 2.33. The Bertz CT molecular complexity index is 611. The van der Waals surface area contributed by atoms with Crippen LogP contribution in [0.3, 0.4) is 0 Å². The van der Waals surface area contributed by atoms with E-state index < -0.39 is 41.4 Å². The zero-order valence-electron chi connectivity index (χ0n) is 13.3. The SMILES string of the molecule is CC(C)(C)C(NC(=O)O)C(NC(=O)O)c1cccc(C(F)(F)F)c1. The number of rotatable bonds is 4. The van der Waals surface area contributed by atoms with Crippen LogP contribution in [0.1, 0.15) is 37.9 Å². The second-order valence-electron chi connectivity index (χ2n) is 6.34. The van der Waals surface area contributed by atoms with E-state index >= 15 is 0 Å². The molecule has 6 nitrogen and oxygen atoms in total. The van der Waals surface area contributed by atoms with E-state index in [0.717, 1.165) is 18.2 Å². The molecule has 2 unspecified atom stereocenters. The zero-order valence-corrected chi connectivity index (χ0v) is 13.3. The third-order valence-electron chi connectivity index (χ3n) is 3.40. The molecule has 0 spiro atoms. The van der Waals surface area contributed by atoms with Crippen LogP contribution < -0.4 is 10.6 Å². The number of halogens is 3. The number of nitrogens with one attached hydrogen (secondary N) is 2. The number of benzene rings is 1. The van der Waals surface area contributed by atoms with E-state index in [9.17, 15) is 22.8 Å². The minimum Gasteiger partial charge on any atom is -0.465 e. The number of hydrogen-bond donors (Lipinski definition) is 4. The van der Waals surface area contributed by atoms with Gasteiger partial charge in [-0.25, -0.2) is 9.59 Å². The molecule has 0 bridgehead atoms. The highest BCUT2D eigenvalue weighted by Crippen LogP contribution is 2.34. The fourth-order valence-corrected chi connectivity index (χ4v) is 2.33. The average Bonchev–Trinajstić information content (AvgIpc) is 2.40. The van der Waals surface area contributed by atoms with Gasteiger partial charge in [-0.1, -0.05) is 32.9 Å². The fraction of sp³-hybridized carbons (Fsp3) is 0.467. The van der Waals surface area contributed by atoms with Crippen LogP contribution in [0, 0.1) is 5.41 Å². The van der Waals surface area contributed by atoms with Gasteiger partial charge in [0.1, 0.15) is 0 Å². The quantitative estimate of drug-likeness (QED) is 0.667. The van der Waals surface area contributed by atoms with Gasteiger partial charge in [0, 0.05) is 0 Å². The number of alkyl halides is 3. The smallest absolute Gasteiger partial charge is 0.416 e. The highest BCUT2D eigenvalue weighted by atomic mass is 19.4. The van der Waals surface area contributed by atoms with Crippen LogP contribution in [0.25, 0.3) is 0 Å². The van der Waals surface area contributed by atoms with E-state index in [0.29, 0.717) is 0 Å². The lowest BCUT2D eigenvalue weighted by molar-refractivity contribution is -0.137. The molecule has 0 saturated heterocycles. The average molecular weight is 348 g/mol. The molecule has 2 amide bonds. The van der Waals surface area contributed by atoms with E-state index in [1.165, 1.54) is 6.07 Å². The lowest BCUT2D eigenvalue weighted by Crippen LogP contribution is -2.52. The van der Waals surface area contributed by atoms with Gasteiger partial charge in [-0.3, -0.25) is 0 Å². The molecule has 0 saturated carbocycles. The van der Waals surface area contributed by atoms with Gasteiger partial charge in [-0.05, 0) is 23.1 Å². The first-order valence-electron chi connectivity index (χ1n) is 6.98. The standard InChI is InChI=1S/C15H19F3N2O4/c1-14(2,3)11(20-13(23)24)10(19-12(21)22)8-5-4-6-9(7-8)15(16,17)18/h4-7,10-11,19-20H,1-3H3,(H,21,22)(H,23,24). The van der Waals surface area contributed by atoms with Crippen molar-refractivity contribution in [3.63, 3.8) is 0 Å². The summed E-state index contributed by atoms with van der Waals surface area (Å²) >= 11 is 0.